The summed E-state index contributed by atoms with van der Waals surface area (Å²) in [6, 6.07) is 76.7. The van der Waals surface area contributed by atoms with E-state index in [1.54, 1.807) is 0 Å². The highest BCUT2D eigenvalue weighted by Gasteiger charge is 2.31. The first-order valence-corrected chi connectivity index (χ1v) is 18.0. The van der Waals surface area contributed by atoms with Crippen LogP contribution in [0.15, 0.2) is 176 Å². The number of para-hydroxylation sites is 1. The van der Waals surface area contributed by atoms with Crippen LogP contribution in [0.5, 0.6) is 0 Å². The van der Waals surface area contributed by atoms with Crippen molar-refractivity contribution in [1.82, 2.24) is 0 Å². The molecule has 0 atom stereocenters. The lowest BCUT2D eigenvalue weighted by molar-refractivity contribution is 1.30. The van der Waals surface area contributed by atoms with Crippen LogP contribution in [-0.4, -0.2) is 0 Å². The first-order chi connectivity index (χ1) is 26.3. The standard InChI is InChI=1S/C52H29N/c1-2-13-35(14-3-1)39-18-8-9-25-49(39)53(50-26-10-16-36-15-4-5-17-40(36)50)38-30-27-34(28-31-38)37-29-32-42-45-22-12-23-46-47-24-11-21-44(52(47)48(42)33-37)41-19-6-7-20-43(41)51(45)46/h1-2,4-6,8-13,15-19,21-33H. The highest BCUT2D eigenvalue weighted by atomic mass is 15.1. The Hall–Kier alpha value is -7.32. The van der Waals surface area contributed by atoms with E-state index in [-0.39, 0.29) is 0 Å². The van der Waals surface area contributed by atoms with Crippen molar-refractivity contribution >= 4 is 27.8 Å². The second kappa shape index (κ2) is 11.6. The molecule has 9 aromatic carbocycles. The van der Waals surface area contributed by atoms with E-state index in [0.29, 0.717) is 0 Å². The Balaban J connectivity index is 1.08. The molecule has 6 bridgehead atoms. The highest BCUT2D eigenvalue weighted by Crippen LogP contribution is 2.57. The predicted molar refractivity (Wildman–Crippen MR) is 219 cm³/mol. The summed E-state index contributed by atoms with van der Waals surface area (Å²) in [4.78, 5) is 2.38. The molecule has 0 heterocycles. The maximum absolute atomic E-state index is 3.49. The quantitative estimate of drug-likeness (QED) is 0.177. The molecule has 11 rings (SSSR count). The highest BCUT2D eigenvalue weighted by molar-refractivity contribution is 6.14. The minimum atomic E-state index is 1.01. The fourth-order valence-electron chi connectivity index (χ4n) is 8.56. The molecule has 0 saturated carbocycles. The Morgan fingerprint density at radius 2 is 1.04 bits per heavy atom. The van der Waals surface area contributed by atoms with E-state index < -0.39 is 0 Å². The van der Waals surface area contributed by atoms with Crippen LogP contribution < -0.4 is 4.90 Å². The number of hydrogen-bond donors (Lipinski definition) is 0. The lowest BCUT2D eigenvalue weighted by atomic mass is 9.83. The molecule has 0 saturated heterocycles. The van der Waals surface area contributed by atoms with Gasteiger partial charge in [0.15, 0.2) is 0 Å². The fraction of sp³-hybridized carbons (Fsp3) is 0. The van der Waals surface area contributed by atoms with Crippen molar-refractivity contribution in [1.29, 1.82) is 0 Å². The van der Waals surface area contributed by atoms with Crippen molar-refractivity contribution in [3.05, 3.63) is 200 Å². The van der Waals surface area contributed by atoms with Crippen molar-refractivity contribution in [3.8, 4) is 77.9 Å². The van der Waals surface area contributed by atoms with Crippen molar-refractivity contribution in [2.24, 2.45) is 0 Å². The van der Waals surface area contributed by atoms with Crippen LogP contribution in [0.3, 0.4) is 0 Å². The molecule has 2 aliphatic rings. The van der Waals surface area contributed by atoms with Crippen LogP contribution in [0, 0.1) is 24.3 Å². The second-order valence-electron chi connectivity index (χ2n) is 13.7. The van der Waals surface area contributed by atoms with Gasteiger partial charge in [-0.1, -0.05) is 146 Å². The van der Waals surface area contributed by atoms with Gasteiger partial charge in [0.2, 0.25) is 0 Å². The number of rotatable bonds is 5. The third-order valence-electron chi connectivity index (χ3n) is 10.9. The Morgan fingerprint density at radius 3 is 1.89 bits per heavy atom. The summed E-state index contributed by atoms with van der Waals surface area (Å²) in [7, 11) is 0. The normalized spacial score (nSPS) is 11.5. The molecule has 9 aromatic rings. The van der Waals surface area contributed by atoms with E-state index in [1.807, 2.05) is 18.2 Å². The summed E-state index contributed by atoms with van der Waals surface area (Å²) < 4.78 is 0. The van der Waals surface area contributed by atoms with Crippen LogP contribution in [-0.2, 0) is 0 Å². The van der Waals surface area contributed by atoms with Gasteiger partial charge in [0, 0.05) is 33.3 Å². The van der Waals surface area contributed by atoms with Gasteiger partial charge in [-0.25, -0.2) is 0 Å². The Labute approximate surface area is 309 Å². The van der Waals surface area contributed by atoms with E-state index in [0.717, 1.165) is 33.8 Å². The molecule has 0 aliphatic heterocycles. The van der Waals surface area contributed by atoms with Gasteiger partial charge in [0.25, 0.3) is 0 Å². The zero-order chi connectivity index (χ0) is 34.9. The van der Waals surface area contributed by atoms with Gasteiger partial charge in [-0.2, -0.15) is 0 Å². The molecule has 1 nitrogen and oxygen atoms in total. The zero-order valence-electron chi connectivity index (χ0n) is 28.7. The molecule has 0 amide bonds. The van der Waals surface area contributed by atoms with E-state index >= 15 is 0 Å². The minimum absolute atomic E-state index is 1.01. The van der Waals surface area contributed by atoms with Crippen molar-refractivity contribution in [3.63, 3.8) is 0 Å². The Bertz CT molecular complexity index is 2850. The average molecular weight is 668 g/mol. The summed E-state index contributed by atoms with van der Waals surface area (Å²) in [5, 5.41) is 2.40. The number of anilines is 3. The second-order valence-corrected chi connectivity index (χ2v) is 13.7. The van der Waals surface area contributed by atoms with Gasteiger partial charge in [-0.05, 0) is 116 Å². The van der Waals surface area contributed by atoms with Gasteiger partial charge in [-0.3, -0.25) is 0 Å². The molecule has 242 valence electrons. The smallest absolute Gasteiger partial charge is 0.0546 e. The summed E-state index contributed by atoms with van der Waals surface area (Å²) in [6.07, 6.45) is 0. The molecule has 0 aromatic heterocycles. The summed E-state index contributed by atoms with van der Waals surface area (Å²) in [5.41, 5.74) is 20.2. The summed E-state index contributed by atoms with van der Waals surface area (Å²) in [6.45, 7) is 0. The van der Waals surface area contributed by atoms with Crippen LogP contribution in [0.1, 0.15) is 0 Å². The largest absolute Gasteiger partial charge is 0.309 e. The van der Waals surface area contributed by atoms with Crippen LogP contribution >= 0.6 is 0 Å². The van der Waals surface area contributed by atoms with E-state index in [4.69, 9.17) is 0 Å². The molecule has 0 spiro atoms. The third kappa shape index (κ3) is 4.49. The molecule has 0 fully saturated rings. The van der Waals surface area contributed by atoms with Crippen LogP contribution in [0.4, 0.5) is 17.1 Å². The fourth-order valence-corrected chi connectivity index (χ4v) is 8.56. The maximum Gasteiger partial charge on any atom is 0.0546 e. The van der Waals surface area contributed by atoms with Gasteiger partial charge in [0.1, 0.15) is 0 Å². The first kappa shape index (κ1) is 29.4. The molecular weight excluding hydrogens is 639 g/mol. The molecule has 0 N–H and O–H groups in total. The van der Waals surface area contributed by atoms with Crippen LogP contribution in [0.25, 0.3) is 88.7 Å². The van der Waals surface area contributed by atoms with E-state index in [1.165, 1.54) is 72.0 Å². The summed E-state index contributed by atoms with van der Waals surface area (Å²) >= 11 is 0. The Kier molecular flexibility index (Phi) is 6.44. The van der Waals surface area contributed by atoms with Gasteiger partial charge in [0.05, 0.1) is 11.4 Å². The minimum Gasteiger partial charge on any atom is -0.309 e. The number of nitrogens with zero attached hydrogens (tertiary/aromatic N) is 1. The number of fused-ring (bicyclic) bond motifs is 5. The van der Waals surface area contributed by atoms with Crippen molar-refractivity contribution < 1.29 is 0 Å². The summed E-state index contributed by atoms with van der Waals surface area (Å²) in [5.74, 6) is 0. The van der Waals surface area contributed by atoms with Crippen LogP contribution in [0.2, 0.25) is 0 Å². The van der Waals surface area contributed by atoms with E-state index in [9.17, 15) is 0 Å². The lowest BCUT2D eigenvalue weighted by Crippen LogP contribution is -2.11. The lowest BCUT2D eigenvalue weighted by Gasteiger charge is -2.29. The average Bonchev–Trinajstić information content (AvgIpc) is 3.34. The van der Waals surface area contributed by atoms with Gasteiger partial charge in [-0.15, -0.1) is 0 Å². The SMILES string of the molecule is c1cccc(-c2ccccc2N(c2ccc(-c3ccc4c(c3)-c3c5cccc3-c3cccc-4c3-c3c#cccc3-5)cc2)c2cccc3ccccc23)c#1. The molecule has 0 unspecified atom stereocenters. The topological polar surface area (TPSA) is 3.24 Å². The number of hydrogen-bond acceptors (Lipinski definition) is 1. The van der Waals surface area contributed by atoms with Gasteiger partial charge >= 0.3 is 0 Å². The predicted octanol–water partition coefficient (Wildman–Crippen LogP) is 13.8. The third-order valence-corrected chi connectivity index (χ3v) is 10.9. The zero-order valence-corrected chi connectivity index (χ0v) is 28.7. The monoisotopic (exact) mass is 667 g/mol. The van der Waals surface area contributed by atoms with Gasteiger partial charge < -0.3 is 4.90 Å². The van der Waals surface area contributed by atoms with E-state index in [2.05, 4.69) is 187 Å². The number of benzene rings is 7. The van der Waals surface area contributed by atoms with Crippen molar-refractivity contribution in [2.45, 2.75) is 0 Å². The maximum atomic E-state index is 3.49. The Morgan fingerprint density at radius 1 is 0.377 bits per heavy atom. The molecule has 1 heteroatoms. The molecule has 2 aliphatic carbocycles. The molecular formula is C52H29N. The first-order valence-electron chi connectivity index (χ1n) is 18.0. The molecule has 53 heavy (non-hydrogen) atoms. The van der Waals surface area contributed by atoms with Crippen molar-refractivity contribution in [2.75, 3.05) is 4.90 Å². The molecule has 0 radical (unpaired) electrons.